The molecular formula is C9H8BrF2NO2. The van der Waals surface area contributed by atoms with Crippen molar-refractivity contribution in [2.24, 2.45) is 0 Å². The molecule has 0 bridgehead atoms. The first-order valence-electron chi connectivity index (χ1n) is 3.96. The van der Waals surface area contributed by atoms with Gasteiger partial charge in [0.05, 0.1) is 10.2 Å². The molecule has 0 aromatic heterocycles. The Morgan fingerprint density at radius 1 is 1.53 bits per heavy atom. The van der Waals surface area contributed by atoms with Crippen molar-refractivity contribution >= 4 is 27.4 Å². The minimum absolute atomic E-state index is 0.143. The van der Waals surface area contributed by atoms with E-state index >= 15 is 0 Å². The first-order valence-corrected chi connectivity index (χ1v) is 4.76. The van der Waals surface area contributed by atoms with E-state index in [-0.39, 0.29) is 27.3 Å². The van der Waals surface area contributed by atoms with Gasteiger partial charge in [0.1, 0.15) is 5.75 Å². The highest BCUT2D eigenvalue weighted by Crippen LogP contribution is 2.33. The topological polar surface area (TPSA) is 52.3 Å². The fourth-order valence-corrected chi connectivity index (χ4v) is 1.33. The van der Waals surface area contributed by atoms with Gasteiger partial charge in [0, 0.05) is 5.56 Å². The molecular weight excluding hydrogens is 272 g/mol. The summed E-state index contributed by atoms with van der Waals surface area (Å²) in [6.45, 7) is -1.64. The molecule has 15 heavy (non-hydrogen) atoms. The third kappa shape index (κ3) is 2.89. The molecule has 6 heteroatoms. The van der Waals surface area contributed by atoms with Crippen LogP contribution in [-0.2, 0) is 0 Å². The second-order valence-electron chi connectivity index (χ2n) is 2.81. The number of halogens is 3. The number of hydrogen-bond donors (Lipinski definition) is 1. The van der Waals surface area contributed by atoms with Gasteiger partial charge in [-0.2, -0.15) is 8.78 Å². The molecule has 1 aromatic rings. The largest absolute Gasteiger partial charge is 0.434 e. The summed E-state index contributed by atoms with van der Waals surface area (Å²) in [7, 11) is 0. The number of carbonyl (C=O) groups excluding carboxylic acids is 1. The molecule has 0 fully saturated rings. The van der Waals surface area contributed by atoms with Crippen LogP contribution in [0.15, 0.2) is 16.6 Å². The van der Waals surface area contributed by atoms with E-state index in [0.717, 1.165) is 0 Å². The van der Waals surface area contributed by atoms with Gasteiger partial charge in [-0.15, -0.1) is 0 Å². The van der Waals surface area contributed by atoms with Gasteiger partial charge in [0.25, 0.3) is 0 Å². The molecule has 0 unspecified atom stereocenters. The van der Waals surface area contributed by atoms with Crippen LogP contribution in [0.25, 0.3) is 0 Å². The molecule has 0 saturated carbocycles. The third-order valence-corrected chi connectivity index (χ3v) is 2.54. The number of hydrogen-bond acceptors (Lipinski definition) is 3. The summed E-state index contributed by atoms with van der Waals surface area (Å²) in [4.78, 5) is 11.0. The first kappa shape index (κ1) is 11.9. The van der Waals surface area contributed by atoms with Crippen LogP contribution in [0.4, 0.5) is 14.5 Å². The van der Waals surface area contributed by atoms with Crippen molar-refractivity contribution in [1.82, 2.24) is 0 Å². The van der Waals surface area contributed by atoms with Crippen LogP contribution in [0.3, 0.4) is 0 Å². The summed E-state index contributed by atoms with van der Waals surface area (Å²) >= 11 is 3.00. The van der Waals surface area contributed by atoms with E-state index in [1.807, 2.05) is 0 Å². The predicted octanol–water partition coefficient (Wildman–Crippen LogP) is 2.84. The second-order valence-corrected chi connectivity index (χ2v) is 3.61. The van der Waals surface area contributed by atoms with Gasteiger partial charge in [-0.3, -0.25) is 4.79 Å². The highest BCUT2D eigenvalue weighted by molar-refractivity contribution is 9.10. The van der Waals surface area contributed by atoms with Gasteiger partial charge in [0.2, 0.25) is 0 Å². The molecule has 0 aliphatic carbocycles. The van der Waals surface area contributed by atoms with Crippen molar-refractivity contribution in [3.05, 3.63) is 22.2 Å². The van der Waals surface area contributed by atoms with Crippen molar-refractivity contribution in [2.75, 3.05) is 5.73 Å². The highest BCUT2D eigenvalue weighted by Gasteiger charge is 2.13. The van der Waals surface area contributed by atoms with E-state index in [0.29, 0.717) is 0 Å². The number of nitrogens with two attached hydrogens (primary N) is 1. The smallest absolute Gasteiger partial charge is 0.387 e. The minimum atomic E-state index is -2.96. The molecule has 0 aliphatic heterocycles. The molecule has 0 radical (unpaired) electrons. The first-order chi connectivity index (χ1) is 6.91. The molecule has 0 saturated heterocycles. The quantitative estimate of drug-likeness (QED) is 0.684. The number of carbonyl (C=O) groups is 1. The van der Waals surface area contributed by atoms with Crippen molar-refractivity contribution in [3.63, 3.8) is 0 Å². The summed E-state index contributed by atoms with van der Waals surface area (Å²) in [5.41, 5.74) is 5.92. The van der Waals surface area contributed by atoms with Crippen LogP contribution < -0.4 is 10.5 Å². The van der Waals surface area contributed by atoms with Crippen LogP contribution >= 0.6 is 15.9 Å². The maximum Gasteiger partial charge on any atom is 0.387 e. The SMILES string of the molecule is CC(=O)c1cc(N)c(Br)c(OC(F)F)c1. The van der Waals surface area contributed by atoms with Crippen LogP contribution in [0, 0.1) is 0 Å². The number of benzene rings is 1. The van der Waals surface area contributed by atoms with E-state index in [4.69, 9.17) is 5.73 Å². The minimum Gasteiger partial charge on any atom is -0.434 e. The molecule has 1 aromatic carbocycles. The summed E-state index contributed by atoms with van der Waals surface area (Å²) in [6, 6.07) is 2.61. The number of rotatable bonds is 3. The molecule has 1 rings (SSSR count). The standard InChI is InChI=1S/C9H8BrF2NO2/c1-4(14)5-2-6(13)8(10)7(3-5)15-9(11)12/h2-3,9H,13H2,1H3. The maximum absolute atomic E-state index is 12.0. The normalized spacial score (nSPS) is 10.5. The Morgan fingerprint density at radius 3 is 2.60 bits per heavy atom. The number of nitrogen functional groups attached to an aromatic ring is 1. The van der Waals surface area contributed by atoms with Crippen molar-refractivity contribution in [1.29, 1.82) is 0 Å². The summed E-state index contributed by atoms with van der Waals surface area (Å²) in [5.74, 6) is -0.413. The monoisotopic (exact) mass is 279 g/mol. The fourth-order valence-electron chi connectivity index (χ4n) is 1.00. The lowest BCUT2D eigenvalue weighted by Gasteiger charge is -2.10. The van der Waals surface area contributed by atoms with E-state index in [1.165, 1.54) is 19.1 Å². The lowest BCUT2D eigenvalue weighted by molar-refractivity contribution is -0.0503. The van der Waals surface area contributed by atoms with E-state index < -0.39 is 6.61 Å². The number of ketones is 1. The number of anilines is 1. The van der Waals surface area contributed by atoms with Gasteiger partial charge in [0.15, 0.2) is 5.78 Å². The Balaban J connectivity index is 3.19. The number of alkyl halides is 2. The molecule has 82 valence electrons. The molecule has 0 heterocycles. The van der Waals surface area contributed by atoms with Crippen LogP contribution in [0.5, 0.6) is 5.75 Å². The van der Waals surface area contributed by atoms with Gasteiger partial charge in [-0.05, 0) is 35.0 Å². The van der Waals surface area contributed by atoms with Crippen molar-refractivity contribution in [3.8, 4) is 5.75 Å². The van der Waals surface area contributed by atoms with Crippen molar-refractivity contribution in [2.45, 2.75) is 13.5 Å². The average molecular weight is 280 g/mol. The highest BCUT2D eigenvalue weighted by atomic mass is 79.9. The van der Waals surface area contributed by atoms with Gasteiger partial charge in [-0.1, -0.05) is 0 Å². The zero-order valence-corrected chi connectivity index (χ0v) is 9.35. The Bertz CT molecular complexity index is 396. The molecule has 0 aliphatic rings. The lowest BCUT2D eigenvalue weighted by Crippen LogP contribution is -2.05. The van der Waals surface area contributed by atoms with Crippen molar-refractivity contribution < 1.29 is 18.3 Å². The van der Waals surface area contributed by atoms with Crippen LogP contribution in [0.1, 0.15) is 17.3 Å². The molecule has 2 N–H and O–H groups in total. The molecule has 0 amide bonds. The summed E-state index contributed by atoms with van der Waals surface area (Å²) < 4.78 is 28.4. The summed E-state index contributed by atoms with van der Waals surface area (Å²) in [6.07, 6.45) is 0. The molecule has 0 atom stereocenters. The van der Waals surface area contributed by atoms with Gasteiger partial charge in [-0.25, -0.2) is 0 Å². The number of ether oxygens (including phenoxy) is 1. The zero-order valence-electron chi connectivity index (χ0n) is 7.76. The molecule has 3 nitrogen and oxygen atoms in total. The number of Topliss-reactive ketones (excluding diaryl/α,β-unsaturated/α-hetero) is 1. The Labute approximate surface area is 93.3 Å². The molecule has 0 spiro atoms. The Kier molecular flexibility index (Phi) is 3.62. The van der Waals surface area contributed by atoms with Crippen LogP contribution in [-0.4, -0.2) is 12.4 Å². The second kappa shape index (κ2) is 4.57. The Hall–Kier alpha value is -1.17. The predicted molar refractivity (Wildman–Crippen MR) is 55.2 cm³/mol. The zero-order chi connectivity index (χ0) is 11.6. The average Bonchev–Trinajstić information content (AvgIpc) is 2.11. The maximum atomic E-state index is 12.0. The lowest BCUT2D eigenvalue weighted by atomic mass is 10.1. The van der Waals surface area contributed by atoms with E-state index in [1.54, 1.807) is 0 Å². The third-order valence-electron chi connectivity index (χ3n) is 1.69. The fraction of sp³-hybridized carbons (Fsp3) is 0.222. The van der Waals surface area contributed by atoms with E-state index in [2.05, 4.69) is 20.7 Å². The van der Waals surface area contributed by atoms with E-state index in [9.17, 15) is 13.6 Å². The van der Waals surface area contributed by atoms with Gasteiger partial charge < -0.3 is 10.5 Å². The summed E-state index contributed by atoms with van der Waals surface area (Å²) in [5, 5.41) is 0. The van der Waals surface area contributed by atoms with Crippen LogP contribution in [0.2, 0.25) is 0 Å². The Morgan fingerprint density at radius 2 is 2.13 bits per heavy atom. The van der Waals surface area contributed by atoms with Gasteiger partial charge >= 0.3 is 6.61 Å².